The molecule has 0 fully saturated rings. The molecule has 0 aliphatic rings. The van der Waals surface area contributed by atoms with Gasteiger partial charge in [0.1, 0.15) is 0 Å². The number of hydrogen-bond donors (Lipinski definition) is 0. The third-order valence-electron chi connectivity index (χ3n) is 2.01. The van der Waals surface area contributed by atoms with Crippen molar-refractivity contribution in [2.24, 2.45) is 0 Å². The first-order valence-corrected chi connectivity index (χ1v) is 5.66. The fraction of sp³-hybridized carbons (Fsp3) is 0.667. The quantitative estimate of drug-likeness (QED) is 0.303. The molecule has 0 N–H and O–H groups in total. The van der Waals surface area contributed by atoms with E-state index in [9.17, 15) is 0 Å². The van der Waals surface area contributed by atoms with E-state index in [-0.39, 0.29) is 0 Å². The van der Waals surface area contributed by atoms with Gasteiger partial charge in [-0.2, -0.15) is 0 Å². The predicted octanol–water partition coefficient (Wildman–Crippen LogP) is 4.70. The summed E-state index contributed by atoms with van der Waals surface area (Å²) in [6, 6.07) is 0. The van der Waals surface area contributed by atoms with Gasteiger partial charge in [0.15, 0.2) is 0 Å². The van der Waals surface area contributed by atoms with Gasteiger partial charge < -0.3 is 0 Å². The molecule has 0 nitrogen and oxygen atoms in total. The lowest BCUT2D eigenvalue weighted by Gasteiger charge is -2.05. The van der Waals surface area contributed by atoms with Crippen molar-refractivity contribution in [3.8, 4) is 0 Å². The molecule has 1 atom stereocenters. The Kier molecular flexibility index (Phi) is 9.68. The van der Waals surface area contributed by atoms with Gasteiger partial charge in [0.2, 0.25) is 0 Å². The molecule has 0 saturated heterocycles. The van der Waals surface area contributed by atoms with Crippen molar-refractivity contribution >= 4 is 11.6 Å². The lowest BCUT2D eigenvalue weighted by atomic mass is 10.1. The molecule has 0 aromatic heterocycles. The first kappa shape index (κ1) is 12.8. The van der Waals surface area contributed by atoms with E-state index >= 15 is 0 Å². The average Bonchev–Trinajstić information content (AvgIpc) is 2.11. The lowest BCUT2D eigenvalue weighted by molar-refractivity contribution is 0.618. The molecule has 0 spiro atoms. The van der Waals surface area contributed by atoms with Crippen molar-refractivity contribution in [1.29, 1.82) is 0 Å². The molecule has 0 heterocycles. The van der Waals surface area contributed by atoms with Crippen LogP contribution in [0.1, 0.15) is 45.4 Å². The van der Waals surface area contributed by atoms with Gasteiger partial charge in [-0.3, -0.25) is 0 Å². The van der Waals surface area contributed by atoms with Gasteiger partial charge in [0.25, 0.3) is 0 Å². The SMILES string of the molecule is C=CC=CCCCCC(Cl)CCC. The Hall–Kier alpha value is -0.230. The van der Waals surface area contributed by atoms with Gasteiger partial charge >= 0.3 is 0 Å². The molecule has 13 heavy (non-hydrogen) atoms. The fourth-order valence-corrected chi connectivity index (χ4v) is 1.65. The van der Waals surface area contributed by atoms with Crippen LogP contribution in [0.5, 0.6) is 0 Å². The van der Waals surface area contributed by atoms with Gasteiger partial charge in [0.05, 0.1) is 0 Å². The number of alkyl halides is 1. The molecular formula is C12H21Cl. The van der Waals surface area contributed by atoms with Crippen LogP contribution in [0, 0.1) is 0 Å². The number of rotatable bonds is 8. The van der Waals surface area contributed by atoms with Crippen molar-refractivity contribution in [3.05, 3.63) is 24.8 Å². The molecule has 76 valence electrons. The van der Waals surface area contributed by atoms with Crippen LogP contribution in [-0.4, -0.2) is 5.38 Å². The summed E-state index contributed by atoms with van der Waals surface area (Å²) in [5, 5.41) is 0.397. The van der Waals surface area contributed by atoms with Crippen LogP contribution in [0.15, 0.2) is 24.8 Å². The minimum atomic E-state index is 0.397. The van der Waals surface area contributed by atoms with Crippen LogP contribution in [0.25, 0.3) is 0 Å². The summed E-state index contributed by atoms with van der Waals surface area (Å²) in [7, 11) is 0. The Labute approximate surface area is 87.7 Å². The van der Waals surface area contributed by atoms with Crippen LogP contribution in [0.2, 0.25) is 0 Å². The molecular weight excluding hydrogens is 180 g/mol. The second-order valence-corrected chi connectivity index (χ2v) is 3.95. The highest BCUT2D eigenvalue weighted by atomic mass is 35.5. The number of allylic oxidation sites excluding steroid dienone is 3. The molecule has 0 aliphatic carbocycles. The van der Waals surface area contributed by atoms with E-state index in [4.69, 9.17) is 11.6 Å². The van der Waals surface area contributed by atoms with Crippen molar-refractivity contribution in [2.45, 2.75) is 50.8 Å². The Morgan fingerprint density at radius 2 is 2.08 bits per heavy atom. The molecule has 0 bridgehead atoms. The third-order valence-corrected chi connectivity index (χ3v) is 2.45. The Balaban J connectivity index is 3.15. The summed E-state index contributed by atoms with van der Waals surface area (Å²) in [6.07, 6.45) is 13.2. The molecule has 0 saturated carbocycles. The molecule has 0 amide bonds. The lowest BCUT2D eigenvalue weighted by Crippen LogP contribution is -1.96. The Morgan fingerprint density at radius 3 is 2.69 bits per heavy atom. The predicted molar refractivity (Wildman–Crippen MR) is 62.4 cm³/mol. The number of unbranched alkanes of at least 4 members (excludes halogenated alkanes) is 2. The first-order valence-electron chi connectivity index (χ1n) is 5.22. The number of halogens is 1. The third kappa shape index (κ3) is 9.69. The van der Waals surface area contributed by atoms with Crippen LogP contribution >= 0.6 is 11.6 Å². The second-order valence-electron chi connectivity index (χ2n) is 3.33. The molecule has 1 unspecified atom stereocenters. The van der Waals surface area contributed by atoms with Gasteiger partial charge in [-0.25, -0.2) is 0 Å². The smallest absolute Gasteiger partial charge is 0.0336 e. The van der Waals surface area contributed by atoms with Crippen LogP contribution in [0.3, 0.4) is 0 Å². The van der Waals surface area contributed by atoms with E-state index < -0.39 is 0 Å². The molecule has 0 radical (unpaired) electrons. The molecule has 1 heteroatoms. The van der Waals surface area contributed by atoms with Gasteiger partial charge in [-0.05, 0) is 25.7 Å². The van der Waals surface area contributed by atoms with Crippen LogP contribution < -0.4 is 0 Å². The Morgan fingerprint density at radius 1 is 1.31 bits per heavy atom. The Bertz CT molecular complexity index is 138. The van der Waals surface area contributed by atoms with Crippen molar-refractivity contribution in [1.82, 2.24) is 0 Å². The van der Waals surface area contributed by atoms with E-state index in [1.807, 2.05) is 12.2 Å². The topological polar surface area (TPSA) is 0 Å². The standard InChI is InChI=1S/C12H21Cl/c1-3-5-6-7-8-9-11-12(13)10-4-2/h3,5-6,12H,1,4,7-11H2,2H3. The second kappa shape index (κ2) is 9.85. The maximum Gasteiger partial charge on any atom is 0.0336 e. The van der Waals surface area contributed by atoms with Gasteiger partial charge in [-0.15, -0.1) is 11.6 Å². The van der Waals surface area contributed by atoms with E-state index in [0.29, 0.717) is 5.38 Å². The van der Waals surface area contributed by atoms with Crippen molar-refractivity contribution in [2.75, 3.05) is 0 Å². The highest BCUT2D eigenvalue weighted by Gasteiger charge is 2.01. The van der Waals surface area contributed by atoms with Gasteiger partial charge in [0, 0.05) is 5.38 Å². The fourth-order valence-electron chi connectivity index (χ4n) is 1.28. The summed E-state index contributed by atoms with van der Waals surface area (Å²) >= 11 is 6.09. The van der Waals surface area contributed by atoms with Crippen molar-refractivity contribution in [3.63, 3.8) is 0 Å². The highest BCUT2D eigenvalue weighted by molar-refractivity contribution is 6.20. The van der Waals surface area contributed by atoms with E-state index in [0.717, 1.165) is 19.3 Å². The summed E-state index contributed by atoms with van der Waals surface area (Å²) in [5.74, 6) is 0. The zero-order valence-electron chi connectivity index (χ0n) is 8.64. The maximum absolute atomic E-state index is 6.09. The van der Waals surface area contributed by atoms with Crippen LogP contribution in [0.4, 0.5) is 0 Å². The van der Waals surface area contributed by atoms with Crippen molar-refractivity contribution < 1.29 is 0 Å². The largest absolute Gasteiger partial charge is 0.123 e. The molecule has 0 aromatic carbocycles. The molecule has 0 aliphatic heterocycles. The summed E-state index contributed by atoms with van der Waals surface area (Å²) in [5.41, 5.74) is 0. The number of hydrogen-bond acceptors (Lipinski definition) is 0. The first-order chi connectivity index (χ1) is 6.31. The van der Waals surface area contributed by atoms with E-state index in [2.05, 4.69) is 19.6 Å². The zero-order valence-corrected chi connectivity index (χ0v) is 9.39. The minimum absolute atomic E-state index is 0.397. The zero-order chi connectivity index (χ0) is 9.94. The van der Waals surface area contributed by atoms with Crippen LogP contribution in [-0.2, 0) is 0 Å². The monoisotopic (exact) mass is 200 g/mol. The minimum Gasteiger partial charge on any atom is -0.123 e. The summed E-state index contributed by atoms with van der Waals surface area (Å²) < 4.78 is 0. The summed E-state index contributed by atoms with van der Waals surface area (Å²) in [4.78, 5) is 0. The van der Waals surface area contributed by atoms with E-state index in [1.54, 1.807) is 0 Å². The van der Waals surface area contributed by atoms with Gasteiger partial charge in [-0.1, -0.05) is 44.6 Å². The highest BCUT2D eigenvalue weighted by Crippen LogP contribution is 2.14. The molecule has 0 aromatic rings. The maximum atomic E-state index is 6.09. The normalized spacial score (nSPS) is 13.4. The average molecular weight is 201 g/mol. The van der Waals surface area contributed by atoms with E-state index in [1.165, 1.54) is 19.3 Å². The summed E-state index contributed by atoms with van der Waals surface area (Å²) in [6.45, 7) is 5.81. The molecule has 0 rings (SSSR count).